The van der Waals surface area contributed by atoms with E-state index >= 15 is 0 Å². The fourth-order valence-corrected chi connectivity index (χ4v) is 1.58. The second-order valence-corrected chi connectivity index (χ2v) is 4.21. The molecule has 2 aromatic heterocycles. The number of rotatable bonds is 4. The van der Waals surface area contributed by atoms with E-state index in [1.54, 1.807) is 0 Å². The summed E-state index contributed by atoms with van der Waals surface area (Å²) in [6.07, 6.45) is -2.44. The van der Waals surface area contributed by atoms with Crippen molar-refractivity contribution in [2.24, 2.45) is 17.6 Å². The summed E-state index contributed by atoms with van der Waals surface area (Å²) in [6.45, 7) is 1.37. The number of hydrazine groups is 2. The van der Waals surface area contributed by atoms with Gasteiger partial charge in [-0.05, 0) is 6.92 Å². The number of nitrogen functional groups attached to an aromatic ring is 1. The summed E-state index contributed by atoms with van der Waals surface area (Å²) in [5.41, 5.74) is 5.69. The molecular weight excluding hydrogens is 282 g/mol. The Hall–Kier alpha value is -2.38. The van der Waals surface area contributed by atoms with Crippen molar-refractivity contribution in [1.29, 1.82) is 0 Å². The molecular formula is C9H15N9O3. The van der Waals surface area contributed by atoms with Gasteiger partial charge in [-0.15, -0.1) is 0 Å². The standard InChI is InChI=1S/C9H15N9O3/c1-2(19)5(20)3-6(10)14-4-7(15-3)16-9(18(11)12)17-8(4)21-13/h2,5,19-20H,11-13H2,1H3,(H2,10,14). The van der Waals surface area contributed by atoms with Crippen LogP contribution in [0.1, 0.15) is 18.7 Å². The summed E-state index contributed by atoms with van der Waals surface area (Å²) < 4.78 is 0. The van der Waals surface area contributed by atoms with Gasteiger partial charge in [-0.1, -0.05) is 0 Å². The summed E-state index contributed by atoms with van der Waals surface area (Å²) in [5.74, 6) is 15.3. The number of aliphatic hydroxyl groups is 2. The first-order valence-corrected chi connectivity index (χ1v) is 5.72. The number of anilines is 2. The minimum atomic E-state index is -1.34. The van der Waals surface area contributed by atoms with Crippen LogP contribution in [0.15, 0.2) is 0 Å². The quantitative estimate of drug-likeness (QED) is 0.250. The minimum absolute atomic E-state index is 0.00903. The van der Waals surface area contributed by atoms with Crippen molar-refractivity contribution < 1.29 is 15.1 Å². The van der Waals surface area contributed by atoms with Gasteiger partial charge in [-0.3, -0.25) is 0 Å². The average molecular weight is 297 g/mol. The van der Waals surface area contributed by atoms with Gasteiger partial charge in [-0.2, -0.15) is 15.9 Å². The molecule has 10 N–H and O–H groups in total. The van der Waals surface area contributed by atoms with Gasteiger partial charge in [0.15, 0.2) is 11.2 Å². The van der Waals surface area contributed by atoms with Crippen molar-refractivity contribution >= 4 is 22.9 Å². The summed E-state index contributed by atoms with van der Waals surface area (Å²) in [5, 5.41) is 19.9. The highest BCUT2D eigenvalue weighted by atomic mass is 16.6. The topological polar surface area (TPSA) is 209 Å². The highest BCUT2D eigenvalue weighted by Crippen LogP contribution is 2.26. The van der Waals surface area contributed by atoms with Crippen LogP contribution < -0.4 is 33.3 Å². The molecule has 2 rings (SSSR count). The minimum Gasteiger partial charge on any atom is -0.390 e. The Morgan fingerprint density at radius 3 is 2.33 bits per heavy atom. The van der Waals surface area contributed by atoms with E-state index in [0.717, 1.165) is 0 Å². The van der Waals surface area contributed by atoms with E-state index < -0.39 is 12.2 Å². The Balaban J connectivity index is 2.70. The molecule has 12 nitrogen and oxygen atoms in total. The van der Waals surface area contributed by atoms with E-state index in [9.17, 15) is 10.2 Å². The van der Waals surface area contributed by atoms with Gasteiger partial charge in [-0.25, -0.2) is 26.8 Å². The third-order valence-electron chi connectivity index (χ3n) is 2.62. The van der Waals surface area contributed by atoms with Crippen molar-refractivity contribution in [2.45, 2.75) is 19.1 Å². The molecule has 0 saturated heterocycles. The normalized spacial score (nSPS) is 14.0. The first kappa shape index (κ1) is 15.0. The lowest BCUT2D eigenvalue weighted by Gasteiger charge is -2.16. The number of hydrogen-bond donors (Lipinski definition) is 6. The molecule has 114 valence electrons. The highest BCUT2D eigenvalue weighted by molar-refractivity contribution is 5.78. The van der Waals surface area contributed by atoms with Crippen LogP contribution >= 0.6 is 0 Å². The monoisotopic (exact) mass is 297 g/mol. The zero-order valence-corrected chi connectivity index (χ0v) is 11.0. The van der Waals surface area contributed by atoms with Gasteiger partial charge < -0.3 is 20.8 Å². The predicted molar refractivity (Wildman–Crippen MR) is 71.9 cm³/mol. The Labute approximate surface area is 118 Å². The Morgan fingerprint density at radius 2 is 1.81 bits per heavy atom. The Bertz CT molecular complexity index is 662. The zero-order chi connectivity index (χ0) is 15.7. The molecule has 0 spiro atoms. The molecule has 0 saturated carbocycles. The third-order valence-corrected chi connectivity index (χ3v) is 2.62. The molecule has 0 aliphatic heterocycles. The first-order valence-electron chi connectivity index (χ1n) is 5.72. The number of fused-ring (bicyclic) bond motifs is 1. The molecule has 2 unspecified atom stereocenters. The van der Waals surface area contributed by atoms with Crippen LogP contribution in [0.2, 0.25) is 0 Å². The van der Waals surface area contributed by atoms with Crippen LogP contribution in [0.25, 0.3) is 11.2 Å². The molecule has 0 aromatic carbocycles. The van der Waals surface area contributed by atoms with Gasteiger partial charge in [0.05, 0.1) is 6.10 Å². The maximum absolute atomic E-state index is 9.85. The lowest BCUT2D eigenvalue weighted by atomic mass is 10.1. The molecule has 0 radical (unpaired) electrons. The second kappa shape index (κ2) is 5.55. The maximum Gasteiger partial charge on any atom is 0.270 e. The fourth-order valence-electron chi connectivity index (χ4n) is 1.58. The lowest BCUT2D eigenvalue weighted by Crippen LogP contribution is -2.39. The largest absolute Gasteiger partial charge is 0.390 e. The summed E-state index contributed by atoms with van der Waals surface area (Å²) in [6, 6.07) is 0. The van der Waals surface area contributed by atoms with Gasteiger partial charge >= 0.3 is 0 Å². The van der Waals surface area contributed by atoms with E-state index in [1.165, 1.54) is 6.92 Å². The number of aromatic nitrogens is 4. The van der Waals surface area contributed by atoms with Crippen molar-refractivity contribution in [3.63, 3.8) is 0 Å². The number of nitrogens with zero attached hydrogens (tertiary/aromatic N) is 5. The molecule has 0 aliphatic rings. The van der Waals surface area contributed by atoms with E-state index in [1.807, 2.05) is 0 Å². The van der Waals surface area contributed by atoms with Crippen molar-refractivity contribution in [2.75, 3.05) is 10.9 Å². The molecule has 21 heavy (non-hydrogen) atoms. The smallest absolute Gasteiger partial charge is 0.270 e. The first-order chi connectivity index (χ1) is 9.85. The SMILES string of the molecule is CC(O)C(O)c1nc2nc(N(N)N)nc(ON)c2nc1N. The molecule has 2 aromatic rings. The van der Waals surface area contributed by atoms with Crippen LogP contribution in [0, 0.1) is 0 Å². The zero-order valence-electron chi connectivity index (χ0n) is 11.0. The van der Waals surface area contributed by atoms with Gasteiger partial charge in [0.25, 0.3) is 11.8 Å². The van der Waals surface area contributed by atoms with E-state index in [-0.39, 0.29) is 34.5 Å². The molecule has 0 bridgehead atoms. The van der Waals surface area contributed by atoms with Gasteiger partial charge in [0.1, 0.15) is 17.6 Å². The third kappa shape index (κ3) is 2.74. The number of aliphatic hydroxyl groups excluding tert-OH is 2. The van der Waals surface area contributed by atoms with Crippen LogP contribution in [-0.4, -0.2) is 36.3 Å². The van der Waals surface area contributed by atoms with Crippen LogP contribution in [0.4, 0.5) is 11.8 Å². The molecule has 0 aliphatic carbocycles. The summed E-state index contributed by atoms with van der Waals surface area (Å²) >= 11 is 0. The van der Waals surface area contributed by atoms with E-state index in [2.05, 4.69) is 24.8 Å². The number of nitrogens with two attached hydrogens (primary N) is 4. The molecule has 12 heteroatoms. The van der Waals surface area contributed by atoms with Crippen LogP contribution in [0.5, 0.6) is 5.88 Å². The Kier molecular flexibility index (Phi) is 3.97. The molecule has 0 amide bonds. The number of hydrogen-bond acceptors (Lipinski definition) is 12. The van der Waals surface area contributed by atoms with Crippen molar-refractivity contribution in [3.8, 4) is 5.88 Å². The molecule has 2 atom stereocenters. The van der Waals surface area contributed by atoms with Gasteiger partial charge in [0.2, 0.25) is 0 Å². The Morgan fingerprint density at radius 1 is 1.14 bits per heavy atom. The lowest BCUT2D eigenvalue weighted by molar-refractivity contribution is 0.0283. The van der Waals surface area contributed by atoms with Gasteiger partial charge in [0, 0.05) is 0 Å². The fraction of sp³-hybridized carbons (Fsp3) is 0.333. The average Bonchev–Trinajstić information content (AvgIpc) is 2.44. The van der Waals surface area contributed by atoms with Crippen molar-refractivity contribution in [1.82, 2.24) is 19.9 Å². The van der Waals surface area contributed by atoms with Crippen LogP contribution in [0.3, 0.4) is 0 Å². The molecule has 2 heterocycles. The molecule has 0 fully saturated rings. The summed E-state index contributed by atoms with van der Waals surface area (Å²) in [7, 11) is 0. The summed E-state index contributed by atoms with van der Waals surface area (Å²) in [4.78, 5) is 20.3. The van der Waals surface area contributed by atoms with Crippen LogP contribution in [-0.2, 0) is 0 Å². The van der Waals surface area contributed by atoms with E-state index in [4.69, 9.17) is 23.3 Å². The van der Waals surface area contributed by atoms with E-state index in [0.29, 0.717) is 5.12 Å². The highest BCUT2D eigenvalue weighted by Gasteiger charge is 2.22. The van der Waals surface area contributed by atoms with Crippen molar-refractivity contribution in [3.05, 3.63) is 5.69 Å². The maximum atomic E-state index is 9.85. The predicted octanol–water partition coefficient (Wildman–Crippen LogP) is -2.78. The second-order valence-electron chi connectivity index (χ2n) is 4.21.